The summed E-state index contributed by atoms with van der Waals surface area (Å²) in [5.41, 5.74) is 0.00414. The maximum absolute atomic E-state index is 13.0. The first-order valence-electron chi connectivity index (χ1n) is 14.4. The van der Waals surface area contributed by atoms with Crippen molar-refractivity contribution < 1.29 is 29.3 Å². The van der Waals surface area contributed by atoms with Crippen molar-refractivity contribution in [3.63, 3.8) is 0 Å². The van der Waals surface area contributed by atoms with E-state index in [4.69, 9.17) is 9.47 Å². The summed E-state index contributed by atoms with van der Waals surface area (Å²) in [5.74, 6) is -0.112. The largest absolute Gasteiger partial charge is 0.462 e. The summed E-state index contributed by atoms with van der Waals surface area (Å²) in [5, 5.41) is 23.0. The second-order valence-electron chi connectivity index (χ2n) is 14.4. The Morgan fingerprint density at radius 2 is 1.87 bits per heavy atom. The van der Waals surface area contributed by atoms with E-state index in [0.717, 1.165) is 18.4 Å². The van der Waals surface area contributed by atoms with Crippen LogP contribution < -0.4 is 0 Å². The third-order valence-electron chi connectivity index (χ3n) is 11.2. The van der Waals surface area contributed by atoms with Gasteiger partial charge in [0.15, 0.2) is 12.1 Å². The third kappa shape index (κ3) is 3.77. The Balaban J connectivity index is 1.60. The van der Waals surface area contributed by atoms with Gasteiger partial charge in [-0.2, -0.15) is 0 Å². The van der Waals surface area contributed by atoms with Crippen molar-refractivity contribution in [1.29, 1.82) is 0 Å². The van der Waals surface area contributed by atoms with Crippen LogP contribution >= 0.6 is 0 Å². The first-order valence-corrected chi connectivity index (χ1v) is 14.4. The van der Waals surface area contributed by atoms with Crippen LogP contribution in [0.1, 0.15) is 81.1 Å². The average Bonchev–Trinajstić information content (AvgIpc) is 3.30. The molecule has 0 amide bonds. The number of ketones is 1. The molecule has 0 radical (unpaired) electrons. The summed E-state index contributed by atoms with van der Waals surface area (Å²) < 4.78 is 12.1. The Morgan fingerprint density at radius 3 is 2.50 bits per heavy atom. The molecule has 0 aromatic carbocycles. The number of aliphatic hydroxyl groups is 2. The fourth-order valence-electron chi connectivity index (χ4n) is 9.75. The first-order chi connectivity index (χ1) is 17.6. The van der Waals surface area contributed by atoms with E-state index in [-0.39, 0.29) is 35.6 Å². The van der Waals surface area contributed by atoms with Crippen LogP contribution in [0.4, 0.5) is 0 Å². The predicted molar refractivity (Wildman–Crippen MR) is 145 cm³/mol. The van der Waals surface area contributed by atoms with Gasteiger partial charge in [-0.1, -0.05) is 72.3 Å². The fraction of sp³-hybridized carbons (Fsp3) is 0.750. The van der Waals surface area contributed by atoms with Gasteiger partial charge in [0.25, 0.3) is 0 Å². The lowest BCUT2D eigenvalue weighted by molar-refractivity contribution is -0.209. The summed E-state index contributed by atoms with van der Waals surface area (Å²) in [4.78, 5) is 25.4. The Bertz CT molecular complexity index is 1110. The second kappa shape index (κ2) is 8.87. The van der Waals surface area contributed by atoms with Crippen molar-refractivity contribution in [2.45, 2.75) is 106 Å². The van der Waals surface area contributed by atoms with Gasteiger partial charge in [0, 0.05) is 23.7 Å². The minimum atomic E-state index is -0.943. The number of carbonyl (C=O) groups excluding carboxylic acids is 2. The van der Waals surface area contributed by atoms with E-state index in [2.05, 4.69) is 46.8 Å². The first kappa shape index (κ1) is 27.8. The molecule has 5 rings (SSSR count). The molecule has 4 aliphatic carbocycles. The van der Waals surface area contributed by atoms with E-state index in [9.17, 15) is 19.8 Å². The molecule has 0 unspecified atom stereocenters. The Kier molecular flexibility index (Phi) is 6.49. The fourth-order valence-corrected chi connectivity index (χ4v) is 9.75. The summed E-state index contributed by atoms with van der Waals surface area (Å²) in [6, 6.07) is 0. The lowest BCUT2D eigenvalue weighted by Gasteiger charge is -2.67. The normalized spacial score (nSPS) is 47.2. The monoisotopic (exact) mass is 526 g/mol. The number of hydrogen-bond donors (Lipinski definition) is 2. The molecule has 0 aromatic rings. The van der Waals surface area contributed by atoms with Gasteiger partial charge in [0.05, 0.1) is 12.2 Å². The molecule has 210 valence electrons. The van der Waals surface area contributed by atoms with Gasteiger partial charge in [-0.25, -0.2) is 0 Å². The number of aliphatic hydroxyl groups excluding tert-OH is 2. The Labute approximate surface area is 227 Å². The maximum Gasteiger partial charge on any atom is 0.302 e. The molecule has 10 atom stereocenters. The van der Waals surface area contributed by atoms with Gasteiger partial charge < -0.3 is 19.7 Å². The minimum Gasteiger partial charge on any atom is -0.462 e. The smallest absolute Gasteiger partial charge is 0.302 e. The lowest BCUT2D eigenvalue weighted by atomic mass is 9.38. The van der Waals surface area contributed by atoms with Crippen molar-refractivity contribution in [2.75, 3.05) is 0 Å². The van der Waals surface area contributed by atoms with Crippen molar-refractivity contribution >= 4 is 11.8 Å². The Hall–Kier alpha value is -1.76. The number of hydrogen-bond acceptors (Lipinski definition) is 6. The summed E-state index contributed by atoms with van der Waals surface area (Å²) in [7, 11) is 0. The van der Waals surface area contributed by atoms with Gasteiger partial charge >= 0.3 is 5.97 Å². The molecule has 2 N–H and O–H groups in total. The third-order valence-corrected chi connectivity index (χ3v) is 11.2. The topological polar surface area (TPSA) is 93.1 Å². The highest BCUT2D eigenvalue weighted by atomic mass is 16.6. The van der Waals surface area contributed by atoms with Crippen molar-refractivity contribution in [1.82, 2.24) is 0 Å². The van der Waals surface area contributed by atoms with Crippen LogP contribution in [0.3, 0.4) is 0 Å². The average molecular weight is 527 g/mol. The highest BCUT2D eigenvalue weighted by Gasteiger charge is 2.71. The standard InChI is InChI=1S/C32H46O6/c1-17(2)13-19-14-20(28(36)38-19)21-9-10-23-31(21,7)16-22(34)27-30(6)12-11-25(35)29(4,5)24(30)15-26(32(23,27)8)37-18(3)33/h10-12,14,17,19,21-22,24,26-28,34,36H,9,13,15-16H2,1-8H3/t19-,21+,22-,24-,26-,27-,28+,30+,31+,32-/m1/s1. The number of carbonyl (C=O) groups is 2. The van der Waals surface area contributed by atoms with Crippen molar-refractivity contribution in [2.24, 2.45) is 45.3 Å². The van der Waals surface area contributed by atoms with E-state index in [1.165, 1.54) is 12.5 Å². The summed E-state index contributed by atoms with van der Waals surface area (Å²) >= 11 is 0. The quantitative estimate of drug-likeness (QED) is 0.389. The molecule has 6 nitrogen and oxygen atoms in total. The molecule has 0 aromatic heterocycles. The van der Waals surface area contributed by atoms with Crippen LogP contribution in [0.25, 0.3) is 0 Å². The van der Waals surface area contributed by atoms with E-state index in [1.807, 2.05) is 19.9 Å². The van der Waals surface area contributed by atoms with E-state index >= 15 is 0 Å². The molecule has 0 spiro atoms. The zero-order chi connectivity index (χ0) is 28.0. The van der Waals surface area contributed by atoms with Crippen molar-refractivity contribution in [3.8, 4) is 0 Å². The molecular weight excluding hydrogens is 480 g/mol. The molecule has 6 heteroatoms. The maximum atomic E-state index is 13.0. The van der Waals surface area contributed by atoms with E-state index < -0.39 is 40.2 Å². The van der Waals surface area contributed by atoms with Gasteiger partial charge in [-0.3, -0.25) is 9.59 Å². The lowest BCUT2D eigenvalue weighted by Crippen LogP contribution is -2.67. The molecule has 38 heavy (non-hydrogen) atoms. The summed E-state index contributed by atoms with van der Waals surface area (Å²) in [6.45, 7) is 16.3. The van der Waals surface area contributed by atoms with Crippen LogP contribution in [0.15, 0.2) is 35.5 Å². The molecule has 2 saturated carbocycles. The van der Waals surface area contributed by atoms with Gasteiger partial charge in [0.2, 0.25) is 0 Å². The molecule has 5 aliphatic rings. The van der Waals surface area contributed by atoms with Crippen LogP contribution in [0.5, 0.6) is 0 Å². The SMILES string of the molecule is CC(=O)O[C@@H]1C[C@@H]2C(C)(C)C(=O)C=C[C@]2(C)[C@H]2[C@H](O)C[C@]3(C)C(=CC[C@H]3C3=C[C@@H](CC(C)C)O[C@@H]3O)[C@@]21C. The van der Waals surface area contributed by atoms with E-state index in [0.29, 0.717) is 18.8 Å². The van der Waals surface area contributed by atoms with Crippen LogP contribution in [0, 0.1) is 45.3 Å². The van der Waals surface area contributed by atoms with Crippen LogP contribution in [-0.2, 0) is 19.1 Å². The van der Waals surface area contributed by atoms with Gasteiger partial charge in [-0.15, -0.1) is 0 Å². The number of rotatable bonds is 4. The Morgan fingerprint density at radius 1 is 1.18 bits per heavy atom. The number of esters is 1. The number of allylic oxidation sites excluding steroid dienone is 3. The van der Waals surface area contributed by atoms with E-state index in [1.54, 1.807) is 6.08 Å². The number of fused-ring (bicyclic) bond motifs is 5. The molecule has 0 bridgehead atoms. The predicted octanol–water partition coefficient (Wildman–Crippen LogP) is 5.14. The molecule has 1 heterocycles. The molecule has 0 saturated heterocycles. The summed E-state index contributed by atoms with van der Waals surface area (Å²) in [6.07, 6.45) is 8.64. The zero-order valence-electron chi connectivity index (χ0n) is 24.3. The highest BCUT2D eigenvalue weighted by molar-refractivity contribution is 5.95. The van der Waals surface area contributed by atoms with Crippen molar-refractivity contribution in [3.05, 3.63) is 35.5 Å². The van der Waals surface area contributed by atoms with Gasteiger partial charge in [0.1, 0.15) is 6.10 Å². The zero-order valence-corrected chi connectivity index (χ0v) is 24.3. The highest BCUT2D eigenvalue weighted by Crippen LogP contribution is 2.72. The molecule has 1 aliphatic heterocycles. The molecular formula is C32H46O6. The molecule has 2 fully saturated rings. The second-order valence-corrected chi connectivity index (χ2v) is 14.4. The number of ether oxygens (including phenoxy) is 2. The van der Waals surface area contributed by atoms with Crippen LogP contribution in [0.2, 0.25) is 0 Å². The van der Waals surface area contributed by atoms with Gasteiger partial charge in [-0.05, 0) is 65.9 Å². The minimum absolute atomic E-state index is 0.000474. The van der Waals surface area contributed by atoms with Crippen LogP contribution in [-0.4, -0.2) is 46.6 Å².